The molecule has 96 valence electrons. The predicted octanol–water partition coefficient (Wildman–Crippen LogP) is -0.0341. The van der Waals surface area contributed by atoms with E-state index >= 15 is 0 Å². The number of rotatable bonds is 6. The number of ether oxygens (including phenoxy) is 1. The Balaban J connectivity index is 2.46. The third-order valence-electron chi connectivity index (χ3n) is 1.91. The summed E-state index contributed by atoms with van der Waals surface area (Å²) in [7, 11) is -3.02. The SMILES string of the molecule is O=C(O)c1ccc(C(=O)OCCO[Si](=O)O)cc1. The van der Waals surface area contributed by atoms with Gasteiger partial charge in [0.1, 0.15) is 13.2 Å². The lowest BCUT2D eigenvalue weighted by molar-refractivity contribution is 0.0428. The molecule has 0 aromatic heterocycles. The summed E-state index contributed by atoms with van der Waals surface area (Å²) in [6, 6.07) is 5.20. The Labute approximate surface area is 103 Å². The van der Waals surface area contributed by atoms with E-state index in [4.69, 9.17) is 14.6 Å². The summed E-state index contributed by atoms with van der Waals surface area (Å²) in [6.07, 6.45) is 0. The van der Waals surface area contributed by atoms with Crippen molar-refractivity contribution < 1.29 is 33.1 Å². The summed E-state index contributed by atoms with van der Waals surface area (Å²) in [4.78, 5) is 30.3. The molecule has 0 fully saturated rings. The average Bonchev–Trinajstić information content (AvgIpc) is 2.34. The van der Waals surface area contributed by atoms with Gasteiger partial charge in [0.15, 0.2) is 0 Å². The number of esters is 1. The highest BCUT2D eigenvalue weighted by atomic mass is 28.3. The Morgan fingerprint density at radius 1 is 1.11 bits per heavy atom. The molecule has 0 heterocycles. The average molecular weight is 270 g/mol. The molecule has 0 aliphatic rings. The molecule has 0 amide bonds. The van der Waals surface area contributed by atoms with E-state index in [1.54, 1.807) is 0 Å². The van der Waals surface area contributed by atoms with Crippen LogP contribution in [0.25, 0.3) is 0 Å². The van der Waals surface area contributed by atoms with Crippen LogP contribution in [0, 0.1) is 0 Å². The molecule has 0 saturated carbocycles. The zero-order chi connectivity index (χ0) is 13.5. The maximum absolute atomic E-state index is 11.4. The van der Waals surface area contributed by atoms with Gasteiger partial charge in [-0.2, -0.15) is 0 Å². The van der Waals surface area contributed by atoms with Crippen LogP contribution in [0.1, 0.15) is 20.7 Å². The zero-order valence-corrected chi connectivity index (χ0v) is 10.2. The number of carbonyl (C=O) groups is 2. The molecule has 0 radical (unpaired) electrons. The lowest BCUT2D eigenvalue weighted by atomic mass is 10.1. The third kappa shape index (κ3) is 4.34. The van der Waals surface area contributed by atoms with Crippen molar-refractivity contribution in [3.05, 3.63) is 35.4 Å². The monoisotopic (exact) mass is 270 g/mol. The van der Waals surface area contributed by atoms with Crippen molar-refractivity contribution >= 4 is 21.1 Å². The zero-order valence-electron chi connectivity index (χ0n) is 9.16. The minimum Gasteiger partial charge on any atom is -0.511 e. The van der Waals surface area contributed by atoms with Gasteiger partial charge in [-0.1, -0.05) is 0 Å². The van der Waals surface area contributed by atoms with Gasteiger partial charge in [-0.15, -0.1) is 0 Å². The van der Waals surface area contributed by atoms with Gasteiger partial charge in [0.25, 0.3) is 0 Å². The molecule has 0 aliphatic carbocycles. The minimum absolute atomic E-state index is 0.0637. The van der Waals surface area contributed by atoms with Gasteiger partial charge in [-0.25, -0.2) is 9.59 Å². The summed E-state index contributed by atoms with van der Waals surface area (Å²) in [5, 5.41) is 8.66. The van der Waals surface area contributed by atoms with Crippen molar-refractivity contribution in [2.24, 2.45) is 0 Å². The second-order valence-electron chi connectivity index (χ2n) is 3.13. The summed E-state index contributed by atoms with van der Waals surface area (Å²) >= 11 is 0. The standard InChI is InChI=1S/C10H10O7Si/c11-9(12)7-1-3-8(4-2-7)10(13)16-5-6-17-18(14)15/h1-4,14H,5-6H2,(H,11,12). The predicted molar refractivity (Wildman–Crippen MR) is 58.3 cm³/mol. The van der Waals surface area contributed by atoms with Gasteiger partial charge in [-0.05, 0) is 24.3 Å². The van der Waals surface area contributed by atoms with Crippen LogP contribution in [0.5, 0.6) is 0 Å². The van der Waals surface area contributed by atoms with Crippen molar-refractivity contribution in [2.75, 3.05) is 13.2 Å². The molecule has 1 aromatic carbocycles. The van der Waals surface area contributed by atoms with Gasteiger partial charge < -0.3 is 19.1 Å². The van der Waals surface area contributed by atoms with Crippen LogP contribution in [-0.4, -0.2) is 44.2 Å². The quantitative estimate of drug-likeness (QED) is 0.424. The summed E-state index contributed by atoms with van der Waals surface area (Å²) < 4.78 is 19.2. The van der Waals surface area contributed by atoms with E-state index in [1.165, 1.54) is 24.3 Å². The van der Waals surface area contributed by atoms with E-state index < -0.39 is 21.1 Å². The molecule has 18 heavy (non-hydrogen) atoms. The van der Waals surface area contributed by atoms with Crippen molar-refractivity contribution in [1.82, 2.24) is 0 Å². The molecule has 0 atom stereocenters. The first-order chi connectivity index (χ1) is 8.50. The van der Waals surface area contributed by atoms with Crippen LogP contribution >= 0.6 is 0 Å². The molecule has 7 nitrogen and oxygen atoms in total. The van der Waals surface area contributed by atoms with Crippen molar-refractivity contribution in [3.8, 4) is 0 Å². The normalized spacial score (nSPS) is 9.56. The third-order valence-corrected chi connectivity index (χ3v) is 2.36. The lowest BCUT2D eigenvalue weighted by Crippen LogP contribution is -2.14. The molecule has 0 bridgehead atoms. The smallest absolute Gasteiger partial charge is 0.511 e. The highest BCUT2D eigenvalue weighted by Crippen LogP contribution is 2.06. The second-order valence-corrected chi connectivity index (χ2v) is 3.95. The van der Waals surface area contributed by atoms with Gasteiger partial charge in [0.2, 0.25) is 0 Å². The van der Waals surface area contributed by atoms with Gasteiger partial charge in [-0.3, -0.25) is 4.46 Å². The highest BCUT2D eigenvalue weighted by molar-refractivity contribution is 6.24. The Kier molecular flexibility index (Phi) is 5.00. The number of hydrogen-bond donors (Lipinski definition) is 2. The van der Waals surface area contributed by atoms with E-state index in [-0.39, 0.29) is 24.3 Å². The Morgan fingerprint density at radius 2 is 1.67 bits per heavy atom. The topological polar surface area (TPSA) is 110 Å². The van der Waals surface area contributed by atoms with Crippen LogP contribution < -0.4 is 0 Å². The number of carboxylic acid groups (broad SMARTS) is 1. The number of carboxylic acids is 1. The van der Waals surface area contributed by atoms with Gasteiger partial charge in [0.05, 0.1) is 11.1 Å². The number of hydrogen-bond acceptors (Lipinski definition) is 5. The van der Waals surface area contributed by atoms with Crippen molar-refractivity contribution in [2.45, 2.75) is 0 Å². The van der Waals surface area contributed by atoms with E-state index in [0.29, 0.717) is 0 Å². The van der Waals surface area contributed by atoms with Gasteiger partial charge >= 0.3 is 21.1 Å². The van der Waals surface area contributed by atoms with E-state index in [2.05, 4.69) is 4.43 Å². The van der Waals surface area contributed by atoms with Crippen LogP contribution in [-0.2, 0) is 13.6 Å². The summed E-state index contributed by atoms with van der Waals surface area (Å²) in [5.74, 6) is -1.75. The number of carbonyl (C=O) groups excluding carboxylic acids is 1. The maximum atomic E-state index is 11.4. The van der Waals surface area contributed by atoms with Crippen LogP contribution in [0.2, 0.25) is 0 Å². The molecule has 0 unspecified atom stereocenters. The van der Waals surface area contributed by atoms with Crippen molar-refractivity contribution in [1.29, 1.82) is 0 Å². The maximum Gasteiger partial charge on any atom is 0.764 e. The molecule has 8 heteroatoms. The van der Waals surface area contributed by atoms with Gasteiger partial charge in [0, 0.05) is 0 Å². The molecule has 0 aliphatic heterocycles. The largest absolute Gasteiger partial charge is 0.764 e. The minimum atomic E-state index is -3.02. The molecular formula is C10H10O7Si. The second kappa shape index (κ2) is 6.50. The van der Waals surface area contributed by atoms with Crippen LogP contribution in [0.15, 0.2) is 24.3 Å². The summed E-state index contributed by atoms with van der Waals surface area (Å²) in [5.41, 5.74) is 0.255. The molecule has 1 rings (SSSR count). The highest BCUT2D eigenvalue weighted by Gasteiger charge is 2.09. The van der Waals surface area contributed by atoms with Crippen LogP contribution in [0.3, 0.4) is 0 Å². The first-order valence-corrected chi connectivity index (χ1v) is 6.13. The molecule has 2 N–H and O–H groups in total. The summed E-state index contributed by atoms with van der Waals surface area (Å²) in [6.45, 7) is -0.330. The first-order valence-electron chi connectivity index (χ1n) is 4.87. The van der Waals surface area contributed by atoms with E-state index in [9.17, 15) is 14.1 Å². The fourth-order valence-corrected chi connectivity index (χ4v) is 1.35. The van der Waals surface area contributed by atoms with Crippen LogP contribution in [0.4, 0.5) is 0 Å². The lowest BCUT2D eigenvalue weighted by Gasteiger charge is -2.04. The van der Waals surface area contributed by atoms with Crippen molar-refractivity contribution in [3.63, 3.8) is 0 Å². The molecule has 1 aromatic rings. The first kappa shape index (κ1) is 13.8. The molecule has 0 saturated heterocycles. The molecule has 0 spiro atoms. The Hall–Kier alpha value is -2.22. The van der Waals surface area contributed by atoms with E-state index in [0.717, 1.165) is 0 Å². The Morgan fingerprint density at radius 3 is 2.17 bits per heavy atom. The fraction of sp³-hybridized carbons (Fsp3) is 0.200. The fourth-order valence-electron chi connectivity index (χ4n) is 1.10. The number of aromatic carboxylic acids is 1. The number of benzene rings is 1. The molecular weight excluding hydrogens is 260 g/mol. The van der Waals surface area contributed by atoms with E-state index in [1.807, 2.05) is 0 Å². The Bertz CT molecular complexity index is 454.